The molecule has 1 aliphatic carbocycles. The van der Waals surface area contributed by atoms with E-state index in [-0.39, 0.29) is 12.1 Å². The van der Waals surface area contributed by atoms with Gasteiger partial charge in [0, 0.05) is 23.6 Å². The van der Waals surface area contributed by atoms with E-state index in [0.717, 1.165) is 42.8 Å². The number of aromatic nitrogens is 2. The van der Waals surface area contributed by atoms with Crippen LogP contribution in [-0.2, 0) is 0 Å². The second-order valence-electron chi connectivity index (χ2n) is 5.81. The molecule has 0 aliphatic heterocycles. The lowest BCUT2D eigenvalue weighted by Crippen LogP contribution is -2.35. The van der Waals surface area contributed by atoms with Crippen LogP contribution in [0.25, 0.3) is 11.4 Å². The summed E-state index contributed by atoms with van der Waals surface area (Å²) in [6.45, 7) is 0.577. The Bertz CT molecular complexity index is 647. The summed E-state index contributed by atoms with van der Waals surface area (Å²) in [4.78, 5) is 16.3. The topological polar surface area (TPSA) is 87.1 Å². The molecule has 1 saturated carbocycles. The SMILES string of the molecule is O=C(NCC1CCCC(O)C1)Nc1nc(-c2ccccc2)ns1. The fraction of sp³-hybridized carbons (Fsp3) is 0.438. The normalized spacial score (nSPS) is 20.9. The van der Waals surface area contributed by atoms with Crippen molar-refractivity contribution in [3.63, 3.8) is 0 Å². The zero-order chi connectivity index (χ0) is 16.1. The summed E-state index contributed by atoms with van der Waals surface area (Å²) in [6, 6.07) is 9.37. The van der Waals surface area contributed by atoms with Crippen LogP contribution in [0.2, 0.25) is 0 Å². The standard InChI is InChI=1S/C16H20N4O2S/c21-13-8-4-5-11(9-13)10-17-15(22)19-16-18-14(20-23-16)12-6-2-1-3-7-12/h1-3,6-7,11,13,21H,4-5,8-10H2,(H2,17,18,19,20,22). The third-order valence-electron chi connectivity index (χ3n) is 3.98. The summed E-state index contributed by atoms with van der Waals surface area (Å²) >= 11 is 1.16. The van der Waals surface area contributed by atoms with Crippen molar-refractivity contribution >= 4 is 22.7 Å². The van der Waals surface area contributed by atoms with E-state index < -0.39 is 0 Å². The van der Waals surface area contributed by atoms with Gasteiger partial charge in [-0.3, -0.25) is 5.32 Å². The van der Waals surface area contributed by atoms with E-state index in [0.29, 0.717) is 23.4 Å². The predicted octanol–water partition coefficient (Wildman–Crippen LogP) is 2.88. The highest BCUT2D eigenvalue weighted by molar-refractivity contribution is 7.10. The highest BCUT2D eigenvalue weighted by Crippen LogP contribution is 2.24. The van der Waals surface area contributed by atoms with E-state index in [9.17, 15) is 9.90 Å². The molecule has 2 atom stereocenters. The van der Waals surface area contributed by atoms with E-state index in [1.54, 1.807) is 0 Å². The summed E-state index contributed by atoms with van der Waals surface area (Å²) in [5.41, 5.74) is 0.924. The van der Waals surface area contributed by atoms with Gasteiger partial charge in [0.05, 0.1) is 6.10 Å². The first-order valence-electron chi connectivity index (χ1n) is 7.83. The van der Waals surface area contributed by atoms with Gasteiger partial charge in [0.2, 0.25) is 5.13 Å². The highest BCUT2D eigenvalue weighted by atomic mass is 32.1. The number of carbonyl (C=O) groups excluding carboxylic acids is 1. The predicted molar refractivity (Wildman–Crippen MR) is 90.3 cm³/mol. The number of urea groups is 1. The van der Waals surface area contributed by atoms with Crippen LogP contribution in [0.5, 0.6) is 0 Å². The Morgan fingerprint density at radius 3 is 2.91 bits per heavy atom. The minimum Gasteiger partial charge on any atom is -0.393 e. The molecular formula is C16H20N4O2S. The van der Waals surface area contributed by atoms with Crippen LogP contribution in [0.15, 0.2) is 30.3 Å². The Hall–Kier alpha value is -1.99. The fourth-order valence-corrected chi connectivity index (χ4v) is 3.39. The van der Waals surface area contributed by atoms with Gasteiger partial charge in [-0.25, -0.2) is 4.79 Å². The maximum atomic E-state index is 11.9. The first-order chi connectivity index (χ1) is 11.2. The van der Waals surface area contributed by atoms with Gasteiger partial charge in [-0.15, -0.1) is 0 Å². The fourth-order valence-electron chi connectivity index (χ4n) is 2.81. The van der Waals surface area contributed by atoms with Crippen molar-refractivity contribution in [3.05, 3.63) is 30.3 Å². The molecule has 0 saturated heterocycles. The smallest absolute Gasteiger partial charge is 0.321 e. The van der Waals surface area contributed by atoms with E-state index in [1.165, 1.54) is 0 Å². The van der Waals surface area contributed by atoms with Gasteiger partial charge < -0.3 is 10.4 Å². The van der Waals surface area contributed by atoms with Gasteiger partial charge in [-0.1, -0.05) is 36.8 Å². The largest absolute Gasteiger partial charge is 0.393 e. The zero-order valence-corrected chi connectivity index (χ0v) is 13.6. The van der Waals surface area contributed by atoms with Crippen LogP contribution < -0.4 is 10.6 Å². The zero-order valence-electron chi connectivity index (χ0n) is 12.7. The molecular weight excluding hydrogens is 312 g/mol. The number of aliphatic hydroxyl groups is 1. The summed E-state index contributed by atoms with van der Waals surface area (Å²) in [6.07, 6.45) is 3.47. The Kier molecular flexibility index (Phi) is 5.19. The molecule has 0 spiro atoms. The molecule has 0 bridgehead atoms. The molecule has 3 rings (SSSR count). The van der Waals surface area contributed by atoms with E-state index in [2.05, 4.69) is 20.0 Å². The quantitative estimate of drug-likeness (QED) is 0.803. The molecule has 7 heteroatoms. The minimum absolute atomic E-state index is 0.227. The average Bonchev–Trinajstić information content (AvgIpc) is 3.02. The number of anilines is 1. The monoisotopic (exact) mass is 332 g/mol. The Labute approximate surface area is 139 Å². The maximum absolute atomic E-state index is 11.9. The molecule has 23 heavy (non-hydrogen) atoms. The summed E-state index contributed by atoms with van der Waals surface area (Å²) in [7, 11) is 0. The molecule has 1 aromatic carbocycles. The first-order valence-corrected chi connectivity index (χ1v) is 8.60. The number of amides is 2. The Morgan fingerprint density at radius 1 is 1.30 bits per heavy atom. The molecule has 1 fully saturated rings. The van der Waals surface area contributed by atoms with Gasteiger partial charge in [0.25, 0.3) is 0 Å². The van der Waals surface area contributed by atoms with Gasteiger partial charge >= 0.3 is 6.03 Å². The summed E-state index contributed by atoms with van der Waals surface area (Å²) in [5.74, 6) is 0.958. The lowest BCUT2D eigenvalue weighted by molar-refractivity contribution is 0.101. The van der Waals surface area contributed by atoms with Crippen molar-refractivity contribution in [1.82, 2.24) is 14.7 Å². The number of rotatable bonds is 4. The number of carbonyl (C=O) groups is 1. The van der Waals surface area contributed by atoms with Crippen molar-refractivity contribution in [2.24, 2.45) is 5.92 Å². The maximum Gasteiger partial charge on any atom is 0.321 e. The second-order valence-corrected chi connectivity index (χ2v) is 6.56. The second kappa shape index (κ2) is 7.52. The van der Waals surface area contributed by atoms with Crippen molar-refractivity contribution in [1.29, 1.82) is 0 Å². The number of nitrogens with one attached hydrogen (secondary N) is 2. The first kappa shape index (κ1) is 15.9. The molecule has 2 amide bonds. The molecule has 6 nitrogen and oxygen atoms in total. The van der Waals surface area contributed by atoms with Crippen LogP contribution in [0.4, 0.5) is 9.93 Å². The summed E-state index contributed by atoms with van der Waals surface area (Å²) < 4.78 is 4.25. The molecule has 1 heterocycles. The number of hydrogen-bond acceptors (Lipinski definition) is 5. The van der Waals surface area contributed by atoms with Crippen LogP contribution >= 0.6 is 11.5 Å². The highest BCUT2D eigenvalue weighted by Gasteiger charge is 2.20. The van der Waals surface area contributed by atoms with E-state index >= 15 is 0 Å². The number of nitrogens with zero attached hydrogens (tertiary/aromatic N) is 2. The van der Waals surface area contributed by atoms with Crippen LogP contribution in [0.1, 0.15) is 25.7 Å². The molecule has 2 aromatic rings. The van der Waals surface area contributed by atoms with Crippen LogP contribution in [0, 0.1) is 5.92 Å². The van der Waals surface area contributed by atoms with Gasteiger partial charge in [0.15, 0.2) is 5.82 Å². The molecule has 1 aromatic heterocycles. The van der Waals surface area contributed by atoms with Crippen molar-refractivity contribution in [3.8, 4) is 11.4 Å². The Balaban J connectivity index is 1.49. The van der Waals surface area contributed by atoms with Gasteiger partial charge in [-0.05, 0) is 25.2 Å². The van der Waals surface area contributed by atoms with Crippen LogP contribution in [-0.4, -0.2) is 33.1 Å². The number of aliphatic hydroxyl groups excluding tert-OH is 1. The third kappa shape index (κ3) is 4.49. The van der Waals surface area contributed by atoms with Crippen molar-refractivity contribution in [2.75, 3.05) is 11.9 Å². The molecule has 1 aliphatic rings. The lowest BCUT2D eigenvalue weighted by Gasteiger charge is -2.25. The third-order valence-corrected chi connectivity index (χ3v) is 4.62. The van der Waals surface area contributed by atoms with E-state index in [4.69, 9.17) is 0 Å². The van der Waals surface area contributed by atoms with Gasteiger partial charge in [-0.2, -0.15) is 9.36 Å². The minimum atomic E-state index is -0.277. The molecule has 2 unspecified atom stereocenters. The lowest BCUT2D eigenvalue weighted by atomic mass is 9.87. The molecule has 122 valence electrons. The molecule has 0 radical (unpaired) electrons. The average molecular weight is 332 g/mol. The van der Waals surface area contributed by atoms with Crippen molar-refractivity contribution < 1.29 is 9.90 Å². The summed E-state index contributed by atoms with van der Waals surface area (Å²) in [5, 5.41) is 15.7. The number of hydrogen-bond donors (Lipinski definition) is 3. The van der Waals surface area contributed by atoms with Crippen molar-refractivity contribution in [2.45, 2.75) is 31.8 Å². The van der Waals surface area contributed by atoms with Crippen LogP contribution in [0.3, 0.4) is 0 Å². The Morgan fingerprint density at radius 2 is 2.13 bits per heavy atom. The number of benzene rings is 1. The van der Waals surface area contributed by atoms with Gasteiger partial charge in [0.1, 0.15) is 0 Å². The molecule has 3 N–H and O–H groups in total. The van der Waals surface area contributed by atoms with E-state index in [1.807, 2.05) is 30.3 Å².